The lowest BCUT2D eigenvalue weighted by atomic mass is 10.1. The molecule has 0 radical (unpaired) electrons. The van der Waals surface area contributed by atoms with Gasteiger partial charge in [-0.1, -0.05) is 42.6 Å². The van der Waals surface area contributed by atoms with E-state index >= 15 is 0 Å². The normalized spacial score (nSPS) is 15.6. The predicted octanol–water partition coefficient (Wildman–Crippen LogP) is 4.44. The molecule has 1 heterocycles. The molecule has 0 atom stereocenters. The molecule has 0 bridgehead atoms. The second-order valence-electron chi connectivity index (χ2n) is 7.67. The number of oxazole rings is 1. The summed E-state index contributed by atoms with van der Waals surface area (Å²) in [6, 6.07) is 15.5. The average molecular weight is 459 g/mol. The maximum atomic E-state index is 13.4. The van der Waals surface area contributed by atoms with Crippen LogP contribution in [-0.4, -0.2) is 30.6 Å². The van der Waals surface area contributed by atoms with Crippen LogP contribution in [0.5, 0.6) is 0 Å². The van der Waals surface area contributed by atoms with E-state index in [0.717, 1.165) is 5.56 Å². The Morgan fingerprint density at radius 3 is 2.42 bits per heavy atom. The molecular weight excluding hydrogens is 436 g/mol. The highest BCUT2D eigenvalue weighted by molar-refractivity contribution is 7.93. The van der Waals surface area contributed by atoms with Gasteiger partial charge in [0.05, 0.1) is 10.6 Å². The van der Waals surface area contributed by atoms with Crippen molar-refractivity contribution in [2.24, 2.45) is 0 Å². The Morgan fingerprint density at radius 1 is 1.06 bits per heavy atom. The van der Waals surface area contributed by atoms with Crippen LogP contribution in [-0.2, 0) is 21.1 Å². The minimum Gasteiger partial charge on any atom is -0.444 e. The van der Waals surface area contributed by atoms with Gasteiger partial charge in [0.25, 0.3) is 0 Å². The Kier molecular flexibility index (Phi) is 6.16. The topological polar surface area (TPSA) is 89.3 Å². The van der Waals surface area contributed by atoms with Crippen molar-refractivity contribution in [1.82, 2.24) is 10.3 Å². The molecule has 6 nitrogen and oxygen atoms in total. The summed E-state index contributed by atoms with van der Waals surface area (Å²) in [5, 5.41) is 3.27. The zero-order valence-corrected chi connectivity index (χ0v) is 18.5. The summed E-state index contributed by atoms with van der Waals surface area (Å²) < 4.78 is 30.8. The van der Waals surface area contributed by atoms with Crippen molar-refractivity contribution in [2.75, 3.05) is 6.54 Å². The lowest BCUT2D eigenvalue weighted by molar-refractivity contribution is -0.123. The Balaban J connectivity index is 1.45. The van der Waals surface area contributed by atoms with Gasteiger partial charge >= 0.3 is 0 Å². The summed E-state index contributed by atoms with van der Waals surface area (Å²) in [6.07, 6.45) is 4.02. The van der Waals surface area contributed by atoms with Gasteiger partial charge in [-0.05, 0) is 49.2 Å². The fourth-order valence-electron chi connectivity index (χ4n) is 4.00. The summed E-state index contributed by atoms with van der Waals surface area (Å²) >= 11 is 5.90. The van der Waals surface area contributed by atoms with Crippen LogP contribution in [0.1, 0.15) is 31.4 Å². The van der Waals surface area contributed by atoms with E-state index in [-0.39, 0.29) is 11.4 Å². The zero-order valence-electron chi connectivity index (χ0n) is 16.9. The van der Waals surface area contributed by atoms with Gasteiger partial charge < -0.3 is 9.73 Å². The molecule has 8 heteroatoms. The number of carbonyl (C=O) groups excluding carboxylic acids is 1. The first-order valence-corrected chi connectivity index (χ1v) is 12.1. The standard InChI is InChI=1S/C23H23ClN2O4S/c24-18-8-10-20(11-9-18)31(28,29)23(13-4-5-14-23)22(27)25-15-12-19-16-30-21(26-19)17-6-2-1-3-7-17/h1-3,6-11,16H,4-5,12-15H2,(H,25,27). The Hall–Kier alpha value is -2.64. The summed E-state index contributed by atoms with van der Waals surface area (Å²) in [7, 11) is -3.85. The fraction of sp³-hybridized carbons (Fsp3) is 0.304. The average Bonchev–Trinajstić information content (AvgIpc) is 3.46. The molecule has 1 amide bonds. The van der Waals surface area contributed by atoms with Gasteiger partial charge in [0, 0.05) is 23.6 Å². The highest BCUT2D eigenvalue weighted by Crippen LogP contribution is 2.41. The highest BCUT2D eigenvalue weighted by Gasteiger charge is 2.52. The Morgan fingerprint density at radius 2 is 1.74 bits per heavy atom. The van der Waals surface area contributed by atoms with E-state index in [4.69, 9.17) is 16.0 Å². The number of rotatable bonds is 7. The smallest absolute Gasteiger partial charge is 0.241 e. The van der Waals surface area contributed by atoms with Gasteiger partial charge in [-0.25, -0.2) is 13.4 Å². The lowest BCUT2D eigenvalue weighted by Gasteiger charge is -2.27. The first-order valence-electron chi connectivity index (χ1n) is 10.2. The third-order valence-electron chi connectivity index (χ3n) is 5.70. The van der Waals surface area contributed by atoms with Crippen LogP contribution in [0.3, 0.4) is 0 Å². The molecule has 1 fully saturated rings. The minimum atomic E-state index is -3.85. The van der Waals surface area contributed by atoms with Crippen LogP contribution in [0.25, 0.3) is 11.5 Å². The Bertz CT molecular complexity index is 1150. The molecule has 1 saturated carbocycles. The number of benzene rings is 2. The second-order valence-corrected chi connectivity index (χ2v) is 10.4. The van der Waals surface area contributed by atoms with E-state index < -0.39 is 20.5 Å². The van der Waals surface area contributed by atoms with Gasteiger partial charge in [0.15, 0.2) is 14.6 Å². The maximum Gasteiger partial charge on any atom is 0.241 e. The number of carbonyl (C=O) groups is 1. The molecule has 0 saturated heterocycles. The zero-order chi connectivity index (χ0) is 21.9. The number of nitrogens with zero attached hydrogens (tertiary/aromatic N) is 1. The number of aromatic nitrogens is 1. The lowest BCUT2D eigenvalue weighted by Crippen LogP contribution is -2.51. The molecule has 0 unspecified atom stereocenters. The predicted molar refractivity (Wildman–Crippen MR) is 118 cm³/mol. The fourth-order valence-corrected chi connectivity index (χ4v) is 6.22. The van der Waals surface area contributed by atoms with Crippen LogP contribution >= 0.6 is 11.6 Å². The molecule has 1 aliphatic carbocycles. The van der Waals surface area contributed by atoms with Crippen molar-refractivity contribution in [2.45, 2.75) is 41.7 Å². The first kappa shape index (κ1) is 21.6. The summed E-state index contributed by atoms with van der Waals surface area (Å²) in [5.41, 5.74) is 1.57. The van der Waals surface area contributed by atoms with E-state index in [2.05, 4.69) is 10.3 Å². The SMILES string of the molecule is O=C(NCCc1coc(-c2ccccc2)n1)C1(S(=O)(=O)c2ccc(Cl)cc2)CCCC1. The molecule has 1 N–H and O–H groups in total. The van der Waals surface area contributed by atoms with E-state index in [1.54, 1.807) is 6.26 Å². The largest absolute Gasteiger partial charge is 0.444 e. The molecule has 31 heavy (non-hydrogen) atoms. The van der Waals surface area contributed by atoms with E-state index in [1.807, 2.05) is 30.3 Å². The summed E-state index contributed by atoms with van der Waals surface area (Å²) in [4.78, 5) is 17.7. The van der Waals surface area contributed by atoms with Gasteiger partial charge in [-0.2, -0.15) is 0 Å². The molecular formula is C23H23ClN2O4S. The molecule has 3 aromatic rings. The molecule has 4 rings (SSSR count). The number of sulfone groups is 1. The van der Waals surface area contributed by atoms with Crippen molar-refractivity contribution < 1.29 is 17.6 Å². The van der Waals surface area contributed by atoms with Crippen molar-refractivity contribution in [3.8, 4) is 11.5 Å². The van der Waals surface area contributed by atoms with Crippen molar-refractivity contribution in [3.63, 3.8) is 0 Å². The third kappa shape index (κ3) is 4.25. The maximum absolute atomic E-state index is 13.4. The molecule has 0 spiro atoms. The number of halogens is 1. The van der Waals surface area contributed by atoms with Crippen molar-refractivity contribution in [1.29, 1.82) is 0 Å². The van der Waals surface area contributed by atoms with Crippen LogP contribution in [0, 0.1) is 0 Å². The number of amides is 1. The number of hydrogen-bond donors (Lipinski definition) is 1. The molecule has 2 aromatic carbocycles. The van der Waals surface area contributed by atoms with Crippen molar-refractivity contribution in [3.05, 3.63) is 71.6 Å². The van der Waals surface area contributed by atoms with Crippen molar-refractivity contribution >= 4 is 27.3 Å². The molecule has 162 valence electrons. The van der Waals surface area contributed by atoms with Gasteiger partial charge in [0.1, 0.15) is 6.26 Å². The van der Waals surface area contributed by atoms with Crippen LogP contribution < -0.4 is 5.32 Å². The third-order valence-corrected chi connectivity index (χ3v) is 8.47. The molecule has 1 aliphatic rings. The molecule has 0 aliphatic heterocycles. The van der Waals surface area contributed by atoms with Crippen LogP contribution in [0.15, 0.2) is 70.2 Å². The van der Waals surface area contributed by atoms with Gasteiger partial charge in [0.2, 0.25) is 11.8 Å². The molecule has 1 aromatic heterocycles. The monoisotopic (exact) mass is 458 g/mol. The summed E-state index contributed by atoms with van der Waals surface area (Å²) in [6.45, 7) is 0.275. The van der Waals surface area contributed by atoms with Gasteiger partial charge in [-0.3, -0.25) is 4.79 Å². The quantitative estimate of drug-likeness (QED) is 0.565. The van der Waals surface area contributed by atoms with Crippen LogP contribution in [0.4, 0.5) is 0 Å². The number of nitrogens with one attached hydrogen (secondary N) is 1. The van der Waals surface area contributed by atoms with E-state index in [9.17, 15) is 13.2 Å². The van der Waals surface area contributed by atoms with E-state index in [1.165, 1.54) is 24.3 Å². The summed E-state index contributed by atoms with van der Waals surface area (Å²) in [5.74, 6) is 0.0613. The van der Waals surface area contributed by atoms with Gasteiger partial charge in [-0.15, -0.1) is 0 Å². The van der Waals surface area contributed by atoms with Crippen LogP contribution in [0.2, 0.25) is 5.02 Å². The number of hydrogen-bond acceptors (Lipinski definition) is 5. The first-order chi connectivity index (χ1) is 14.9. The Labute approximate surface area is 186 Å². The minimum absolute atomic E-state index is 0.123. The highest BCUT2D eigenvalue weighted by atomic mass is 35.5. The van der Waals surface area contributed by atoms with E-state index in [0.29, 0.717) is 48.7 Å². The second kappa shape index (κ2) is 8.85.